The van der Waals surface area contributed by atoms with Crippen molar-refractivity contribution in [3.05, 3.63) is 68.9 Å². The molecule has 0 aliphatic heterocycles. The first-order valence-corrected chi connectivity index (χ1v) is 7.41. The van der Waals surface area contributed by atoms with Crippen LogP contribution in [0.25, 0.3) is 5.69 Å². The first kappa shape index (κ1) is 16.2. The number of anilines is 1. The summed E-state index contributed by atoms with van der Waals surface area (Å²) in [5, 5.41) is 16.3. The van der Waals surface area contributed by atoms with Gasteiger partial charge in [0.1, 0.15) is 24.5 Å². The fourth-order valence-electron chi connectivity index (χ4n) is 2.45. The van der Waals surface area contributed by atoms with Crippen LogP contribution in [0.1, 0.15) is 11.1 Å². The number of benzene rings is 1. The highest BCUT2D eigenvalue weighted by atomic mass is 16.2. The van der Waals surface area contributed by atoms with Crippen LogP contribution in [-0.2, 0) is 20.6 Å². The molecule has 0 saturated carbocycles. The second kappa shape index (κ2) is 6.45. The van der Waals surface area contributed by atoms with Crippen LogP contribution in [-0.4, -0.2) is 23.9 Å². The van der Waals surface area contributed by atoms with E-state index in [2.05, 4.69) is 15.4 Å². The van der Waals surface area contributed by atoms with Crippen LogP contribution in [0.15, 0.2) is 46.5 Å². The Balaban J connectivity index is 1.86. The predicted molar refractivity (Wildman–Crippen MR) is 90.3 cm³/mol. The lowest BCUT2D eigenvalue weighted by Crippen LogP contribution is -2.39. The third-order valence-corrected chi connectivity index (χ3v) is 3.86. The molecular weight excluding hydrogens is 322 g/mol. The van der Waals surface area contributed by atoms with Crippen LogP contribution in [0.2, 0.25) is 0 Å². The van der Waals surface area contributed by atoms with Crippen molar-refractivity contribution in [2.45, 2.75) is 6.54 Å². The van der Waals surface area contributed by atoms with Gasteiger partial charge in [0.2, 0.25) is 0 Å². The lowest BCUT2D eigenvalue weighted by molar-refractivity contribution is 0.685. The first-order valence-electron chi connectivity index (χ1n) is 7.41. The Morgan fingerprint density at radius 3 is 2.48 bits per heavy atom. The van der Waals surface area contributed by atoms with Gasteiger partial charge < -0.3 is 5.32 Å². The molecule has 0 amide bonds. The lowest BCUT2D eigenvalue weighted by atomic mass is 10.2. The normalized spacial score (nSPS) is 10.4. The fraction of sp³-hybridized carbons (Fsp3) is 0.188. The van der Waals surface area contributed by atoms with E-state index in [4.69, 9.17) is 0 Å². The molecule has 0 saturated heterocycles. The molecular formula is C16H15N7O2. The summed E-state index contributed by atoms with van der Waals surface area (Å²) in [4.78, 5) is 28.0. The summed E-state index contributed by atoms with van der Waals surface area (Å²) in [7, 11) is 2.86. The number of nitrogens with one attached hydrogen (secondary N) is 1. The van der Waals surface area contributed by atoms with Gasteiger partial charge in [0, 0.05) is 20.6 Å². The van der Waals surface area contributed by atoms with E-state index in [0.29, 0.717) is 6.54 Å². The van der Waals surface area contributed by atoms with Gasteiger partial charge >= 0.3 is 5.69 Å². The van der Waals surface area contributed by atoms with Gasteiger partial charge in [0.25, 0.3) is 5.56 Å². The molecule has 0 atom stereocenters. The van der Waals surface area contributed by atoms with Gasteiger partial charge in [0.15, 0.2) is 5.56 Å². The van der Waals surface area contributed by atoms with Crippen LogP contribution in [0.5, 0.6) is 0 Å². The smallest absolute Gasteiger partial charge is 0.332 e. The Hall–Kier alpha value is -3.67. The zero-order valence-corrected chi connectivity index (χ0v) is 13.7. The molecule has 9 heteroatoms. The van der Waals surface area contributed by atoms with Crippen molar-refractivity contribution in [3.8, 4) is 11.8 Å². The maximum atomic E-state index is 12.1. The maximum Gasteiger partial charge on any atom is 0.332 e. The molecule has 25 heavy (non-hydrogen) atoms. The van der Waals surface area contributed by atoms with Crippen LogP contribution < -0.4 is 16.6 Å². The Kier molecular flexibility index (Phi) is 4.18. The molecule has 0 bridgehead atoms. The molecule has 0 radical (unpaired) electrons. The van der Waals surface area contributed by atoms with E-state index in [1.807, 2.05) is 30.3 Å². The standard InChI is InChI=1S/C16H15N7O2/c1-21-14(13(7-17)15(24)22(2)16(21)25)19-8-11-3-5-12(6-4-11)23-10-18-9-20-23/h3-6,9-10,19H,8H2,1-2H3. The molecule has 1 aromatic carbocycles. The summed E-state index contributed by atoms with van der Waals surface area (Å²) in [6, 6.07) is 9.38. The second-order valence-electron chi connectivity index (χ2n) is 5.40. The minimum absolute atomic E-state index is 0.0937. The lowest BCUT2D eigenvalue weighted by Gasteiger charge is -2.13. The van der Waals surface area contributed by atoms with Crippen LogP contribution in [0.4, 0.5) is 5.82 Å². The number of hydrogen-bond donors (Lipinski definition) is 1. The topological polar surface area (TPSA) is 111 Å². The maximum absolute atomic E-state index is 12.1. The summed E-state index contributed by atoms with van der Waals surface area (Å²) in [5.74, 6) is 0.205. The number of nitrogens with zero attached hydrogens (tertiary/aromatic N) is 6. The van der Waals surface area contributed by atoms with Crippen molar-refractivity contribution in [1.29, 1.82) is 5.26 Å². The van der Waals surface area contributed by atoms with Crippen molar-refractivity contribution in [2.75, 3.05) is 5.32 Å². The molecule has 0 unspecified atom stereocenters. The zero-order chi connectivity index (χ0) is 18.0. The number of aromatic nitrogens is 5. The third-order valence-electron chi connectivity index (χ3n) is 3.86. The largest absolute Gasteiger partial charge is 0.366 e. The van der Waals surface area contributed by atoms with Crippen LogP contribution in [0, 0.1) is 11.3 Å². The highest BCUT2D eigenvalue weighted by Gasteiger charge is 2.15. The quantitative estimate of drug-likeness (QED) is 0.725. The van der Waals surface area contributed by atoms with Gasteiger partial charge in [-0.05, 0) is 17.7 Å². The molecule has 3 aromatic rings. The van der Waals surface area contributed by atoms with Gasteiger partial charge in [-0.25, -0.2) is 14.5 Å². The zero-order valence-electron chi connectivity index (χ0n) is 13.7. The van der Waals surface area contributed by atoms with Gasteiger partial charge in [-0.15, -0.1) is 0 Å². The van der Waals surface area contributed by atoms with E-state index >= 15 is 0 Å². The van der Waals surface area contributed by atoms with E-state index in [0.717, 1.165) is 15.8 Å². The highest BCUT2D eigenvalue weighted by molar-refractivity contribution is 5.51. The third kappa shape index (κ3) is 2.92. The molecule has 9 nitrogen and oxygen atoms in total. The summed E-state index contributed by atoms with van der Waals surface area (Å²) < 4.78 is 3.80. The molecule has 3 rings (SSSR count). The Bertz CT molecular complexity index is 1050. The average molecular weight is 337 g/mol. The number of hydrogen-bond acceptors (Lipinski definition) is 6. The SMILES string of the molecule is Cn1c(NCc2ccc(-n3cncn3)cc2)c(C#N)c(=O)n(C)c1=O. The predicted octanol–water partition coefficient (Wildman–Crippen LogP) is 0.148. The van der Waals surface area contributed by atoms with Crippen molar-refractivity contribution in [1.82, 2.24) is 23.9 Å². The molecule has 1 N–H and O–H groups in total. The van der Waals surface area contributed by atoms with E-state index in [1.54, 1.807) is 11.0 Å². The molecule has 0 aliphatic rings. The summed E-state index contributed by atoms with van der Waals surface area (Å²) in [6.07, 6.45) is 3.05. The van der Waals surface area contributed by atoms with Crippen molar-refractivity contribution in [2.24, 2.45) is 14.1 Å². The van der Waals surface area contributed by atoms with E-state index < -0.39 is 11.2 Å². The molecule has 2 aromatic heterocycles. The van der Waals surface area contributed by atoms with Gasteiger partial charge in [-0.1, -0.05) is 12.1 Å². The first-order chi connectivity index (χ1) is 12.0. The Morgan fingerprint density at radius 1 is 1.16 bits per heavy atom. The van der Waals surface area contributed by atoms with Crippen LogP contribution >= 0.6 is 0 Å². The Morgan fingerprint density at radius 2 is 1.88 bits per heavy atom. The summed E-state index contributed by atoms with van der Waals surface area (Å²) in [6.45, 7) is 0.354. The minimum atomic E-state index is -0.616. The van der Waals surface area contributed by atoms with Crippen LogP contribution in [0.3, 0.4) is 0 Å². The van der Waals surface area contributed by atoms with Crippen molar-refractivity contribution >= 4 is 5.82 Å². The number of rotatable bonds is 4. The number of nitriles is 1. The average Bonchev–Trinajstić information content (AvgIpc) is 3.17. The molecule has 126 valence electrons. The Labute approximate surface area is 142 Å². The summed E-state index contributed by atoms with van der Waals surface area (Å²) in [5.41, 5.74) is 0.576. The molecule has 0 spiro atoms. The molecule has 2 heterocycles. The van der Waals surface area contributed by atoms with E-state index in [-0.39, 0.29) is 11.4 Å². The molecule has 0 fully saturated rings. The summed E-state index contributed by atoms with van der Waals surface area (Å²) >= 11 is 0. The van der Waals surface area contributed by atoms with E-state index in [9.17, 15) is 14.9 Å². The minimum Gasteiger partial charge on any atom is -0.366 e. The van der Waals surface area contributed by atoms with Crippen molar-refractivity contribution in [3.63, 3.8) is 0 Å². The van der Waals surface area contributed by atoms with Gasteiger partial charge in [0.05, 0.1) is 5.69 Å². The fourth-order valence-corrected chi connectivity index (χ4v) is 2.45. The van der Waals surface area contributed by atoms with Gasteiger partial charge in [-0.3, -0.25) is 13.9 Å². The van der Waals surface area contributed by atoms with Crippen molar-refractivity contribution < 1.29 is 0 Å². The monoisotopic (exact) mass is 337 g/mol. The van der Waals surface area contributed by atoms with Gasteiger partial charge in [-0.2, -0.15) is 10.4 Å². The van der Waals surface area contributed by atoms with E-state index in [1.165, 1.54) is 25.0 Å². The second-order valence-corrected chi connectivity index (χ2v) is 5.40. The highest BCUT2D eigenvalue weighted by Crippen LogP contribution is 2.12. The molecule has 0 aliphatic carbocycles.